The van der Waals surface area contributed by atoms with Crippen molar-refractivity contribution in [1.29, 1.82) is 0 Å². The number of rotatable bonds is 5. The number of amides is 1. The average Bonchev–Trinajstić information content (AvgIpc) is 2.66. The third-order valence-electron chi connectivity index (χ3n) is 4.74. The van der Waals surface area contributed by atoms with Gasteiger partial charge < -0.3 is 20.1 Å². The molecule has 1 aromatic carbocycles. The molecule has 7 heteroatoms. The summed E-state index contributed by atoms with van der Waals surface area (Å²) in [5.74, 6) is 2.57. The molecule has 0 bridgehead atoms. The molecule has 1 amide bonds. The number of methoxy groups -OCH3 is 1. The Bertz CT molecular complexity index is 848. The van der Waals surface area contributed by atoms with E-state index < -0.39 is 5.54 Å². The molecular formula is C21H28N4O3. The summed E-state index contributed by atoms with van der Waals surface area (Å²) in [5, 5.41) is 0. The fourth-order valence-corrected chi connectivity index (χ4v) is 3.36. The molecule has 0 saturated carbocycles. The lowest BCUT2D eigenvalue weighted by Crippen LogP contribution is -2.53. The van der Waals surface area contributed by atoms with E-state index in [1.54, 1.807) is 27.0 Å². The van der Waals surface area contributed by atoms with E-state index in [0.717, 1.165) is 25.1 Å². The van der Waals surface area contributed by atoms with Gasteiger partial charge in [0.1, 0.15) is 17.3 Å². The van der Waals surface area contributed by atoms with Gasteiger partial charge in [-0.25, -0.2) is 4.98 Å². The molecule has 0 radical (unpaired) electrons. The highest BCUT2D eigenvalue weighted by atomic mass is 16.5. The maximum Gasteiger partial charge on any atom is 0.242 e. The van der Waals surface area contributed by atoms with Crippen LogP contribution in [-0.4, -0.2) is 46.5 Å². The fraction of sp³-hybridized carbons (Fsp3) is 0.476. The Labute approximate surface area is 165 Å². The maximum atomic E-state index is 12.6. The van der Waals surface area contributed by atoms with Crippen molar-refractivity contribution in [3.8, 4) is 17.4 Å². The monoisotopic (exact) mass is 384 g/mol. The van der Waals surface area contributed by atoms with Crippen LogP contribution in [0.3, 0.4) is 0 Å². The number of likely N-dealkylation sites (tertiary alicyclic amines) is 1. The van der Waals surface area contributed by atoms with Crippen molar-refractivity contribution in [2.24, 2.45) is 5.73 Å². The highest BCUT2D eigenvalue weighted by Gasteiger charge is 2.33. The first-order chi connectivity index (χ1) is 13.3. The molecule has 0 aliphatic carbocycles. The Morgan fingerprint density at radius 1 is 1.25 bits per heavy atom. The number of hydrogen-bond donors (Lipinski definition) is 1. The van der Waals surface area contributed by atoms with Crippen LogP contribution in [-0.2, 0) is 4.79 Å². The van der Waals surface area contributed by atoms with Crippen molar-refractivity contribution >= 4 is 5.91 Å². The summed E-state index contributed by atoms with van der Waals surface area (Å²) in [5.41, 5.74) is 5.94. The lowest BCUT2D eigenvalue weighted by Gasteiger charge is -2.35. The van der Waals surface area contributed by atoms with Gasteiger partial charge in [0.15, 0.2) is 0 Å². The fourth-order valence-electron chi connectivity index (χ4n) is 3.36. The number of piperidine rings is 1. The van der Waals surface area contributed by atoms with Gasteiger partial charge in [0.25, 0.3) is 0 Å². The summed E-state index contributed by atoms with van der Waals surface area (Å²) in [6, 6.07) is 9.18. The van der Waals surface area contributed by atoms with Crippen molar-refractivity contribution in [3.63, 3.8) is 0 Å². The molecular weight excluding hydrogens is 356 g/mol. The number of nitrogens with zero attached hydrogens (tertiary/aromatic N) is 3. The van der Waals surface area contributed by atoms with E-state index in [1.807, 2.05) is 36.1 Å². The van der Waals surface area contributed by atoms with E-state index in [1.165, 1.54) is 0 Å². The van der Waals surface area contributed by atoms with E-state index in [-0.39, 0.29) is 11.8 Å². The SMILES string of the molecule is COc1cccc(Oc2cc(C)nc([C@H]3CCCN(C(=O)C(C)(C)N)C3)n2)c1. The van der Waals surface area contributed by atoms with Gasteiger partial charge in [-0.05, 0) is 45.7 Å². The van der Waals surface area contributed by atoms with Gasteiger partial charge in [0.2, 0.25) is 11.8 Å². The summed E-state index contributed by atoms with van der Waals surface area (Å²) >= 11 is 0. The standard InChI is InChI=1S/C21H28N4O3/c1-14-11-18(28-17-9-5-8-16(12-17)27-4)24-19(23-14)15-7-6-10-25(13-15)20(26)21(2,3)22/h5,8-9,11-12,15H,6-7,10,13,22H2,1-4H3/t15-/m0/s1. The molecule has 1 aliphatic heterocycles. The minimum atomic E-state index is -0.879. The van der Waals surface area contributed by atoms with E-state index in [4.69, 9.17) is 15.2 Å². The van der Waals surface area contributed by atoms with E-state index in [9.17, 15) is 4.79 Å². The largest absolute Gasteiger partial charge is 0.497 e. The third kappa shape index (κ3) is 4.78. The first-order valence-electron chi connectivity index (χ1n) is 9.52. The van der Waals surface area contributed by atoms with Gasteiger partial charge in [-0.15, -0.1) is 0 Å². The van der Waals surface area contributed by atoms with Crippen LogP contribution in [0.25, 0.3) is 0 Å². The van der Waals surface area contributed by atoms with Crippen LogP contribution in [0.4, 0.5) is 0 Å². The number of aryl methyl sites for hydroxylation is 1. The molecule has 3 rings (SSSR count). The molecule has 1 atom stereocenters. The number of aromatic nitrogens is 2. The van der Waals surface area contributed by atoms with Crippen LogP contribution in [0.2, 0.25) is 0 Å². The number of carbonyl (C=O) groups is 1. The second kappa shape index (κ2) is 8.14. The summed E-state index contributed by atoms with van der Waals surface area (Å²) in [4.78, 5) is 23.6. The van der Waals surface area contributed by atoms with Crippen molar-refractivity contribution in [2.75, 3.05) is 20.2 Å². The zero-order valence-corrected chi connectivity index (χ0v) is 16.9. The Kier molecular flexibility index (Phi) is 5.84. The second-order valence-electron chi connectivity index (χ2n) is 7.80. The van der Waals surface area contributed by atoms with E-state index in [0.29, 0.717) is 29.7 Å². The predicted molar refractivity (Wildman–Crippen MR) is 107 cm³/mol. The highest BCUT2D eigenvalue weighted by molar-refractivity contribution is 5.85. The van der Waals surface area contributed by atoms with Gasteiger partial charge in [-0.3, -0.25) is 4.79 Å². The van der Waals surface area contributed by atoms with Crippen LogP contribution >= 0.6 is 0 Å². The number of nitrogens with two attached hydrogens (primary N) is 1. The van der Waals surface area contributed by atoms with Gasteiger partial charge in [-0.2, -0.15) is 4.98 Å². The van der Waals surface area contributed by atoms with Crippen molar-refractivity contribution < 1.29 is 14.3 Å². The lowest BCUT2D eigenvalue weighted by atomic mass is 9.94. The van der Waals surface area contributed by atoms with Crippen molar-refractivity contribution in [2.45, 2.75) is 45.1 Å². The third-order valence-corrected chi connectivity index (χ3v) is 4.74. The number of ether oxygens (including phenoxy) is 2. The average molecular weight is 384 g/mol. The Balaban J connectivity index is 1.79. The first kappa shape index (κ1) is 20.1. The molecule has 1 aromatic heterocycles. The molecule has 2 heterocycles. The Morgan fingerprint density at radius 2 is 2.00 bits per heavy atom. The number of benzene rings is 1. The number of hydrogen-bond acceptors (Lipinski definition) is 6. The predicted octanol–water partition coefficient (Wildman–Crippen LogP) is 3.03. The number of carbonyl (C=O) groups excluding carboxylic acids is 1. The Morgan fingerprint density at radius 3 is 2.71 bits per heavy atom. The normalized spacial score (nSPS) is 17.3. The summed E-state index contributed by atoms with van der Waals surface area (Å²) in [6.45, 7) is 6.68. The van der Waals surface area contributed by atoms with E-state index in [2.05, 4.69) is 9.97 Å². The summed E-state index contributed by atoms with van der Waals surface area (Å²) < 4.78 is 11.2. The molecule has 1 saturated heterocycles. The quantitative estimate of drug-likeness (QED) is 0.852. The minimum absolute atomic E-state index is 0.0438. The first-order valence-corrected chi connectivity index (χ1v) is 9.52. The molecule has 1 aliphatic rings. The van der Waals surface area contributed by atoms with Gasteiger partial charge in [-0.1, -0.05) is 6.07 Å². The van der Waals surface area contributed by atoms with Gasteiger partial charge in [0, 0.05) is 36.8 Å². The zero-order chi connectivity index (χ0) is 20.3. The molecule has 0 unspecified atom stereocenters. The van der Waals surface area contributed by atoms with Crippen LogP contribution in [0.15, 0.2) is 30.3 Å². The van der Waals surface area contributed by atoms with Gasteiger partial charge >= 0.3 is 0 Å². The van der Waals surface area contributed by atoms with E-state index >= 15 is 0 Å². The molecule has 2 aromatic rings. The maximum absolute atomic E-state index is 12.6. The summed E-state index contributed by atoms with van der Waals surface area (Å²) in [6.07, 6.45) is 1.83. The molecule has 2 N–H and O–H groups in total. The molecule has 0 spiro atoms. The topological polar surface area (TPSA) is 90.6 Å². The molecule has 7 nitrogen and oxygen atoms in total. The summed E-state index contributed by atoms with van der Waals surface area (Å²) in [7, 11) is 1.62. The van der Waals surface area contributed by atoms with Crippen LogP contribution < -0.4 is 15.2 Å². The van der Waals surface area contributed by atoms with Crippen LogP contribution in [0.1, 0.15) is 44.1 Å². The Hall–Kier alpha value is -2.67. The minimum Gasteiger partial charge on any atom is -0.497 e. The van der Waals surface area contributed by atoms with Crippen molar-refractivity contribution in [3.05, 3.63) is 41.9 Å². The zero-order valence-electron chi connectivity index (χ0n) is 16.9. The molecule has 150 valence electrons. The smallest absolute Gasteiger partial charge is 0.242 e. The van der Waals surface area contributed by atoms with Crippen LogP contribution in [0.5, 0.6) is 17.4 Å². The second-order valence-corrected chi connectivity index (χ2v) is 7.80. The molecule has 28 heavy (non-hydrogen) atoms. The lowest BCUT2D eigenvalue weighted by molar-refractivity contribution is -0.137. The van der Waals surface area contributed by atoms with Crippen molar-refractivity contribution in [1.82, 2.24) is 14.9 Å². The molecule has 1 fully saturated rings. The van der Waals surface area contributed by atoms with Gasteiger partial charge in [0.05, 0.1) is 12.6 Å². The highest BCUT2D eigenvalue weighted by Crippen LogP contribution is 2.29. The van der Waals surface area contributed by atoms with Crippen LogP contribution in [0, 0.1) is 6.92 Å².